The van der Waals surface area contributed by atoms with E-state index in [0.29, 0.717) is 16.9 Å². The number of rotatable bonds is 2. The molecule has 6 nitrogen and oxygen atoms in total. The number of ether oxygens (including phenoxy) is 1. The van der Waals surface area contributed by atoms with E-state index in [1.165, 1.54) is 24.4 Å². The van der Waals surface area contributed by atoms with E-state index in [-0.39, 0.29) is 0 Å². The third-order valence-electron chi connectivity index (χ3n) is 2.12. The van der Waals surface area contributed by atoms with Gasteiger partial charge in [-0.2, -0.15) is 5.10 Å². The van der Waals surface area contributed by atoms with Crippen molar-refractivity contribution in [3.63, 3.8) is 0 Å². The molecule has 6 heteroatoms. The van der Waals surface area contributed by atoms with Crippen LogP contribution in [0.15, 0.2) is 30.9 Å². The second-order valence-electron chi connectivity index (χ2n) is 3.11. The Morgan fingerprint density at radius 1 is 1.50 bits per heavy atom. The molecule has 82 valence electrons. The molecule has 16 heavy (non-hydrogen) atoms. The molecule has 0 amide bonds. The normalized spacial score (nSPS) is 10.1. The van der Waals surface area contributed by atoms with E-state index in [9.17, 15) is 4.79 Å². The van der Waals surface area contributed by atoms with Gasteiger partial charge in [-0.3, -0.25) is 0 Å². The van der Waals surface area contributed by atoms with Crippen LogP contribution in [0, 0.1) is 0 Å². The lowest BCUT2D eigenvalue weighted by molar-refractivity contribution is 0.0600. The molecule has 0 aliphatic rings. The molecule has 1 aromatic heterocycles. The number of hydrogen-bond donors (Lipinski definition) is 1. The number of nitrogen functional groups attached to an aromatic ring is 1. The molecule has 0 saturated carbocycles. The first kappa shape index (κ1) is 10.2. The van der Waals surface area contributed by atoms with Crippen LogP contribution in [0.2, 0.25) is 0 Å². The highest BCUT2D eigenvalue weighted by molar-refractivity contribution is 5.90. The molecular formula is C10H10N4O2. The lowest BCUT2D eigenvalue weighted by Crippen LogP contribution is -2.06. The van der Waals surface area contributed by atoms with Crippen LogP contribution < -0.4 is 5.73 Å². The standard InChI is InChI=1S/C10H10N4O2/c1-16-10(15)7-2-3-8(11)9(4-7)14-6-12-5-13-14/h2-6H,11H2,1H3. The predicted octanol–water partition coefficient (Wildman–Crippen LogP) is 0.636. The largest absolute Gasteiger partial charge is 0.465 e. The molecule has 0 fully saturated rings. The van der Waals surface area contributed by atoms with Crippen LogP contribution in [0.25, 0.3) is 5.69 Å². The van der Waals surface area contributed by atoms with Gasteiger partial charge >= 0.3 is 5.97 Å². The molecule has 0 aliphatic carbocycles. The van der Waals surface area contributed by atoms with E-state index in [0.717, 1.165) is 0 Å². The van der Waals surface area contributed by atoms with Gasteiger partial charge < -0.3 is 10.5 Å². The van der Waals surface area contributed by atoms with Crippen molar-refractivity contribution >= 4 is 11.7 Å². The quantitative estimate of drug-likeness (QED) is 0.590. The van der Waals surface area contributed by atoms with Gasteiger partial charge in [-0.25, -0.2) is 14.5 Å². The van der Waals surface area contributed by atoms with Crippen molar-refractivity contribution in [3.05, 3.63) is 36.4 Å². The van der Waals surface area contributed by atoms with E-state index >= 15 is 0 Å². The molecule has 2 N–H and O–H groups in total. The van der Waals surface area contributed by atoms with Crippen LogP contribution in [0.1, 0.15) is 10.4 Å². The van der Waals surface area contributed by atoms with Gasteiger partial charge in [0.1, 0.15) is 12.7 Å². The Labute approximate surface area is 91.7 Å². The highest BCUT2D eigenvalue weighted by Gasteiger charge is 2.09. The van der Waals surface area contributed by atoms with Gasteiger partial charge in [0.05, 0.1) is 24.0 Å². The number of benzene rings is 1. The fraction of sp³-hybridized carbons (Fsp3) is 0.100. The van der Waals surface area contributed by atoms with Crippen LogP contribution in [-0.4, -0.2) is 27.8 Å². The molecule has 0 atom stereocenters. The molecule has 0 aliphatic heterocycles. The van der Waals surface area contributed by atoms with Crippen LogP contribution in [0.5, 0.6) is 0 Å². The number of hydrogen-bond acceptors (Lipinski definition) is 5. The summed E-state index contributed by atoms with van der Waals surface area (Å²) in [4.78, 5) is 15.2. The first-order chi connectivity index (χ1) is 7.72. The maximum absolute atomic E-state index is 11.3. The first-order valence-corrected chi connectivity index (χ1v) is 4.55. The van der Waals surface area contributed by atoms with Gasteiger partial charge in [0.15, 0.2) is 0 Å². The Kier molecular flexibility index (Phi) is 2.55. The van der Waals surface area contributed by atoms with Crippen molar-refractivity contribution in [1.29, 1.82) is 0 Å². The zero-order chi connectivity index (χ0) is 11.5. The molecule has 0 bridgehead atoms. The van der Waals surface area contributed by atoms with Crippen molar-refractivity contribution < 1.29 is 9.53 Å². The minimum absolute atomic E-state index is 0.415. The average molecular weight is 218 g/mol. The zero-order valence-electron chi connectivity index (χ0n) is 8.62. The van der Waals surface area contributed by atoms with Crippen molar-refractivity contribution in [3.8, 4) is 5.69 Å². The van der Waals surface area contributed by atoms with Crippen molar-refractivity contribution in [2.45, 2.75) is 0 Å². The molecular weight excluding hydrogens is 208 g/mol. The third kappa shape index (κ3) is 1.72. The Morgan fingerprint density at radius 2 is 2.31 bits per heavy atom. The number of nitrogens with zero attached hydrogens (tertiary/aromatic N) is 3. The Hall–Kier alpha value is -2.37. The lowest BCUT2D eigenvalue weighted by atomic mass is 10.2. The average Bonchev–Trinajstić information content (AvgIpc) is 2.82. The fourth-order valence-electron chi connectivity index (χ4n) is 1.32. The van der Waals surface area contributed by atoms with E-state index in [2.05, 4.69) is 14.8 Å². The molecule has 0 saturated heterocycles. The summed E-state index contributed by atoms with van der Waals surface area (Å²) in [7, 11) is 1.33. The molecule has 1 aromatic carbocycles. The summed E-state index contributed by atoms with van der Waals surface area (Å²) in [6, 6.07) is 4.83. The summed E-state index contributed by atoms with van der Waals surface area (Å²) in [5.74, 6) is -0.415. The topological polar surface area (TPSA) is 83.0 Å². The maximum Gasteiger partial charge on any atom is 0.337 e. The number of esters is 1. The Morgan fingerprint density at radius 3 is 2.94 bits per heavy atom. The minimum Gasteiger partial charge on any atom is -0.465 e. The van der Waals surface area contributed by atoms with Gasteiger partial charge in [-0.15, -0.1) is 0 Å². The summed E-state index contributed by atoms with van der Waals surface area (Å²) in [6.45, 7) is 0. The summed E-state index contributed by atoms with van der Waals surface area (Å²) >= 11 is 0. The third-order valence-corrected chi connectivity index (χ3v) is 2.12. The van der Waals surface area contributed by atoms with Crippen LogP contribution in [0.4, 0.5) is 5.69 Å². The van der Waals surface area contributed by atoms with Crippen molar-refractivity contribution in [2.24, 2.45) is 0 Å². The number of methoxy groups -OCH3 is 1. The van der Waals surface area contributed by atoms with E-state index in [4.69, 9.17) is 5.73 Å². The van der Waals surface area contributed by atoms with Crippen LogP contribution in [-0.2, 0) is 4.74 Å². The van der Waals surface area contributed by atoms with Crippen LogP contribution >= 0.6 is 0 Å². The molecule has 0 spiro atoms. The van der Waals surface area contributed by atoms with Gasteiger partial charge in [-0.05, 0) is 18.2 Å². The Bertz CT molecular complexity index is 508. The van der Waals surface area contributed by atoms with Crippen LogP contribution in [0.3, 0.4) is 0 Å². The van der Waals surface area contributed by atoms with Gasteiger partial charge in [0.25, 0.3) is 0 Å². The fourth-order valence-corrected chi connectivity index (χ4v) is 1.32. The van der Waals surface area contributed by atoms with E-state index in [1.54, 1.807) is 18.2 Å². The molecule has 2 rings (SSSR count). The van der Waals surface area contributed by atoms with Crippen molar-refractivity contribution in [1.82, 2.24) is 14.8 Å². The second-order valence-corrected chi connectivity index (χ2v) is 3.11. The van der Waals surface area contributed by atoms with E-state index in [1.807, 2.05) is 0 Å². The van der Waals surface area contributed by atoms with Crippen molar-refractivity contribution in [2.75, 3.05) is 12.8 Å². The highest BCUT2D eigenvalue weighted by Crippen LogP contribution is 2.18. The number of carbonyl (C=O) groups excluding carboxylic acids is 1. The predicted molar refractivity (Wildman–Crippen MR) is 57.1 cm³/mol. The zero-order valence-corrected chi connectivity index (χ0v) is 8.62. The maximum atomic E-state index is 11.3. The van der Waals surface area contributed by atoms with Gasteiger partial charge in [-0.1, -0.05) is 0 Å². The summed E-state index contributed by atoms with van der Waals surface area (Å²) in [5.41, 5.74) is 7.31. The number of carbonyl (C=O) groups is 1. The van der Waals surface area contributed by atoms with Gasteiger partial charge in [0, 0.05) is 0 Å². The smallest absolute Gasteiger partial charge is 0.337 e. The minimum atomic E-state index is -0.415. The molecule has 0 radical (unpaired) electrons. The summed E-state index contributed by atoms with van der Waals surface area (Å²) in [6.07, 6.45) is 2.90. The molecule has 2 aromatic rings. The highest BCUT2D eigenvalue weighted by atomic mass is 16.5. The summed E-state index contributed by atoms with van der Waals surface area (Å²) in [5, 5.41) is 3.95. The summed E-state index contributed by atoms with van der Waals surface area (Å²) < 4.78 is 6.11. The molecule has 0 unspecified atom stereocenters. The van der Waals surface area contributed by atoms with Gasteiger partial charge in [0.2, 0.25) is 0 Å². The second kappa shape index (κ2) is 4.01. The number of nitrogens with two attached hydrogens (primary N) is 1. The van der Waals surface area contributed by atoms with E-state index < -0.39 is 5.97 Å². The SMILES string of the molecule is COC(=O)c1ccc(N)c(-n2cncn2)c1. The Balaban J connectivity index is 2.49. The monoisotopic (exact) mass is 218 g/mol. The number of aromatic nitrogens is 3. The number of anilines is 1. The first-order valence-electron chi connectivity index (χ1n) is 4.55. The lowest BCUT2D eigenvalue weighted by Gasteiger charge is -2.06. The molecule has 1 heterocycles.